The van der Waals surface area contributed by atoms with E-state index in [9.17, 15) is 13.2 Å². The molecule has 0 bridgehead atoms. The van der Waals surface area contributed by atoms with Crippen molar-refractivity contribution in [3.8, 4) is 5.75 Å². The van der Waals surface area contributed by atoms with Crippen LogP contribution in [0, 0.1) is 0 Å². The van der Waals surface area contributed by atoms with E-state index in [0.717, 1.165) is 24.4 Å². The Labute approximate surface area is 172 Å². The van der Waals surface area contributed by atoms with Gasteiger partial charge in [-0.05, 0) is 55.4 Å². The van der Waals surface area contributed by atoms with Crippen LogP contribution in [0.3, 0.4) is 0 Å². The minimum absolute atomic E-state index is 0.115. The second kappa shape index (κ2) is 9.39. The van der Waals surface area contributed by atoms with E-state index < -0.39 is 10.0 Å². The molecule has 1 saturated heterocycles. The zero-order valence-corrected chi connectivity index (χ0v) is 17.6. The third kappa shape index (κ3) is 5.56. The predicted octanol–water partition coefficient (Wildman–Crippen LogP) is 2.20. The molecule has 1 fully saturated rings. The molecule has 0 spiro atoms. The smallest absolute Gasteiger partial charge is 0.243 e. The first kappa shape index (κ1) is 21.3. The minimum atomic E-state index is -3.50. The number of likely N-dealkylation sites (N-methyl/N-ethyl adjacent to an activating group) is 1. The van der Waals surface area contributed by atoms with Gasteiger partial charge in [0, 0.05) is 38.3 Å². The number of benzene rings is 2. The lowest BCUT2D eigenvalue weighted by molar-refractivity contribution is -0.116. The van der Waals surface area contributed by atoms with Gasteiger partial charge in [-0.25, -0.2) is 8.42 Å². The number of ether oxygens (including phenoxy) is 1. The molecule has 1 N–H and O–H groups in total. The number of rotatable bonds is 7. The highest BCUT2D eigenvalue weighted by atomic mass is 32.2. The molecule has 29 heavy (non-hydrogen) atoms. The summed E-state index contributed by atoms with van der Waals surface area (Å²) in [6.07, 6.45) is 0.958. The summed E-state index contributed by atoms with van der Waals surface area (Å²) in [6, 6.07) is 14.0. The van der Waals surface area contributed by atoms with Gasteiger partial charge in [-0.1, -0.05) is 12.1 Å². The summed E-state index contributed by atoms with van der Waals surface area (Å²) in [5, 5.41) is 2.82. The van der Waals surface area contributed by atoms with E-state index in [1.54, 1.807) is 31.4 Å². The molecule has 7 nitrogen and oxygen atoms in total. The molecule has 0 saturated carbocycles. The second-order valence-corrected chi connectivity index (χ2v) is 9.07. The van der Waals surface area contributed by atoms with Crippen LogP contribution in [0.4, 0.5) is 5.69 Å². The first-order chi connectivity index (χ1) is 13.9. The number of anilines is 1. The maximum Gasteiger partial charge on any atom is 0.243 e. The fourth-order valence-corrected chi connectivity index (χ4v) is 4.58. The van der Waals surface area contributed by atoms with Crippen LogP contribution in [-0.4, -0.2) is 63.9 Å². The number of sulfonamides is 1. The van der Waals surface area contributed by atoms with Gasteiger partial charge in [0.15, 0.2) is 0 Å². The van der Waals surface area contributed by atoms with E-state index in [-0.39, 0.29) is 10.8 Å². The second-order valence-electron chi connectivity index (χ2n) is 7.13. The van der Waals surface area contributed by atoms with Gasteiger partial charge in [-0.3, -0.25) is 4.79 Å². The van der Waals surface area contributed by atoms with Crippen molar-refractivity contribution in [1.29, 1.82) is 0 Å². The fraction of sp³-hybridized carbons (Fsp3) is 0.381. The molecule has 156 valence electrons. The summed E-state index contributed by atoms with van der Waals surface area (Å²) in [5.41, 5.74) is 1.64. The average Bonchev–Trinajstić information content (AvgIpc) is 2.73. The van der Waals surface area contributed by atoms with Crippen molar-refractivity contribution < 1.29 is 17.9 Å². The van der Waals surface area contributed by atoms with Crippen LogP contribution in [0.1, 0.15) is 12.0 Å². The van der Waals surface area contributed by atoms with Gasteiger partial charge in [0.25, 0.3) is 0 Å². The van der Waals surface area contributed by atoms with Gasteiger partial charge in [0.2, 0.25) is 15.9 Å². The molecule has 0 unspecified atom stereocenters. The maximum absolute atomic E-state index is 12.7. The number of carbonyl (C=O) groups excluding carboxylic acids is 1. The van der Waals surface area contributed by atoms with Crippen LogP contribution in [0.15, 0.2) is 53.4 Å². The summed E-state index contributed by atoms with van der Waals surface area (Å²) in [7, 11) is 0.0984. The SMILES string of the molecule is COc1ccc(CCC(=O)Nc2ccc(S(=O)(=O)N3CCN(C)CC3)cc2)cc1. The Balaban J connectivity index is 1.54. The third-order valence-electron chi connectivity index (χ3n) is 5.04. The Hall–Kier alpha value is -2.42. The van der Waals surface area contributed by atoms with Gasteiger partial charge in [-0.2, -0.15) is 4.31 Å². The summed E-state index contributed by atoms with van der Waals surface area (Å²) < 4.78 is 32.1. The quantitative estimate of drug-likeness (QED) is 0.747. The molecule has 0 atom stereocenters. The van der Waals surface area contributed by atoms with E-state index in [2.05, 4.69) is 10.2 Å². The number of hydrogen-bond acceptors (Lipinski definition) is 5. The van der Waals surface area contributed by atoms with Crippen LogP contribution in [-0.2, 0) is 21.2 Å². The number of carbonyl (C=O) groups is 1. The highest BCUT2D eigenvalue weighted by molar-refractivity contribution is 7.89. The summed E-state index contributed by atoms with van der Waals surface area (Å²) in [6.45, 7) is 2.43. The van der Waals surface area contributed by atoms with E-state index >= 15 is 0 Å². The molecule has 2 aromatic carbocycles. The lowest BCUT2D eigenvalue weighted by Gasteiger charge is -2.31. The number of aryl methyl sites for hydroxylation is 1. The highest BCUT2D eigenvalue weighted by Crippen LogP contribution is 2.20. The number of amides is 1. The number of methoxy groups -OCH3 is 1. The van der Waals surface area contributed by atoms with Gasteiger partial charge in [0.1, 0.15) is 5.75 Å². The normalized spacial score (nSPS) is 15.8. The van der Waals surface area contributed by atoms with E-state index in [1.165, 1.54) is 4.31 Å². The van der Waals surface area contributed by atoms with Crippen molar-refractivity contribution in [2.45, 2.75) is 17.7 Å². The van der Waals surface area contributed by atoms with Crippen LogP contribution in [0.5, 0.6) is 5.75 Å². The van der Waals surface area contributed by atoms with Crippen LogP contribution in [0.2, 0.25) is 0 Å². The van der Waals surface area contributed by atoms with Gasteiger partial charge < -0.3 is 15.0 Å². The summed E-state index contributed by atoms with van der Waals surface area (Å²) in [5.74, 6) is 0.667. The van der Waals surface area contributed by atoms with Gasteiger partial charge >= 0.3 is 0 Å². The molecule has 1 heterocycles. The molecule has 1 aliphatic heterocycles. The summed E-state index contributed by atoms with van der Waals surface area (Å²) in [4.78, 5) is 14.6. The molecule has 3 rings (SSSR count). The Morgan fingerprint density at radius 3 is 2.21 bits per heavy atom. The number of hydrogen-bond donors (Lipinski definition) is 1. The van der Waals surface area contributed by atoms with E-state index in [1.807, 2.05) is 31.3 Å². The fourth-order valence-electron chi connectivity index (χ4n) is 3.16. The highest BCUT2D eigenvalue weighted by Gasteiger charge is 2.27. The largest absolute Gasteiger partial charge is 0.497 e. The van der Waals surface area contributed by atoms with Crippen molar-refractivity contribution in [2.75, 3.05) is 45.7 Å². The number of nitrogens with zero attached hydrogens (tertiary/aromatic N) is 2. The lowest BCUT2D eigenvalue weighted by atomic mass is 10.1. The molecule has 0 radical (unpaired) electrons. The zero-order chi connectivity index (χ0) is 20.9. The third-order valence-corrected chi connectivity index (χ3v) is 6.95. The van der Waals surface area contributed by atoms with Crippen molar-refractivity contribution >= 4 is 21.6 Å². The molecule has 2 aromatic rings. The van der Waals surface area contributed by atoms with Crippen molar-refractivity contribution in [1.82, 2.24) is 9.21 Å². The Kier molecular flexibility index (Phi) is 6.89. The van der Waals surface area contributed by atoms with E-state index in [0.29, 0.717) is 31.6 Å². The average molecular weight is 418 g/mol. The Morgan fingerprint density at radius 1 is 1.00 bits per heavy atom. The van der Waals surface area contributed by atoms with Crippen LogP contribution < -0.4 is 10.1 Å². The van der Waals surface area contributed by atoms with Crippen LogP contribution >= 0.6 is 0 Å². The molecule has 1 amide bonds. The van der Waals surface area contributed by atoms with Gasteiger partial charge in [0.05, 0.1) is 12.0 Å². The van der Waals surface area contributed by atoms with Crippen molar-refractivity contribution in [3.63, 3.8) is 0 Å². The zero-order valence-electron chi connectivity index (χ0n) is 16.8. The number of nitrogens with one attached hydrogen (secondary N) is 1. The minimum Gasteiger partial charge on any atom is -0.497 e. The van der Waals surface area contributed by atoms with Crippen molar-refractivity contribution in [2.24, 2.45) is 0 Å². The molecule has 1 aliphatic rings. The Bertz CT molecular complexity index is 919. The molecule has 0 aliphatic carbocycles. The Morgan fingerprint density at radius 2 is 1.62 bits per heavy atom. The summed E-state index contributed by atoms with van der Waals surface area (Å²) >= 11 is 0. The standard InChI is InChI=1S/C21H27N3O4S/c1-23-13-15-24(16-14-23)29(26,27)20-10-6-18(7-11-20)22-21(25)12-5-17-3-8-19(28-2)9-4-17/h3-4,6-11H,5,12-16H2,1-2H3,(H,22,25). The van der Waals surface area contributed by atoms with Gasteiger partial charge in [-0.15, -0.1) is 0 Å². The lowest BCUT2D eigenvalue weighted by Crippen LogP contribution is -2.46. The molecular formula is C21H27N3O4S. The molecule has 8 heteroatoms. The predicted molar refractivity (Wildman–Crippen MR) is 113 cm³/mol. The van der Waals surface area contributed by atoms with Crippen LogP contribution in [0.25, 0.3) is 0 Å². The first-order valence-electron chi connectivity index (χ1n) is 9.60. The molecular weight excluding hydrogens is 390 g/mol. The van der Waals surface area contributed by atoms with E-state index in [4.69, 9.17) is 4.74 Å². The maximum atomic E-state index is 12.7. The van der Waals surface area contributed by atoms with Crippen molar-refractivity contribution in [3.05, 3.63) is 54.1 Å². The number of piperazine rings is 1. The first-order valence-corrected chi connectivity index (χ1v) is 11.0. The molecule has 0 aromatic heterocycles. The monoisotopic (exact) mass is 417 g/mol. The topological polar surface area (TPSA) is 78.9 Å².